The third kappa shape index (κ3) is 3.18. The molecule has 11 heteroatoms. The number of hydrogen-bond acceptors (Lipinski definition) is 6. The number of aromatic nitrogens is 3. The van der Waals surface area contributed by atoms with E-state index in [2.05, 4.69) is 5.10 Å². The van der Waals surface area contributed by atoms with Gasteiger partial charge in [0.2, 0.25) is 10.0 Å². The van der Waals surface area contributed by atoms with Gasteiger partial charge in [0, 0.05) is 0 Å². The van der Waals surface area contributed by atoms with E-state index in [-0.39, 0.29) is 11.3 Å². The summed E-state index contributed by atoms with van der Waals surface area (Å²) >= 11 is 0. The minimum atomic E-state index is -3.73. The molecule has 0 fully saturated rings. The summed E-state index contributed by atoms with van der Waals surface area (Å²) in [5, 5.41) is 12.4. The lowest BCUT2D eigenvalue weighted by Gasteiger charge is -2.10. The third-order valence-electron chi connectivity index (χ3n) is 2.44. The summed E-state index contributed by atoms with van der Waals surface area (Å²) in [6.07, 6.45) is 1.60. The van der Waals surface area contributed by atoms with Crippen molar-refractivity contribution in [2.24, 2.45) is 0 Å². The van der Waals surface area contributed by atoms with Crippen LogP contribution in [0.3, 0.4) is 0 Å². The number of nitrogens with zero attached hydrogens (tertiary/aromatic N) is 3. The van der Waals surface area contributed by atoms with Crippen molar-refractivity contribution in [3.63, 3.8) is 0 Å². The summed E-state index contributed by atoms with van der Waals surface area (Å²) in [7, 11) is -3.73. The number of sulfonamides is 1. The Morgan fingerprint density at radius 1 is 1.41 bits per heavy atom. The van der Waals surface area contributed by atoms with E-state index in [0.29, 0.717) is 4.68 Å². The molecule has 1 aromatic heterocycles. The van der Waals surface area contributed by atoms with Gasteiger partial charge in [-0.2, -0.15) is 15.0 Å². The standard InChI is InChI=1S/C11H8FN5O4S/c1-22(20,21)16-8-3-9(7(12)2-6(8)4-13)17-11(19)15-10(18)5-14-17/h2-3,5,16H,1H3,(H,15,18,19). The van der Waals surface area contributed by atoms with Gasteiger partial charge in [0.05, 0.1) is 17.5 Å². The molecular weight excluding hydrogens is 317 g/mol. The predicted molar refractivity (Wildman–Crippen MR) is 73.6 cm³/mol. The van der Waals surface area contributed by atoms with E-state index in [9.17, 15) is 22.4 Å². The molecule has 0 aliphatic carbocycles. The Kier molecular flexibility index (Phi) is 3.79. The van der Waals surface area contributed by atoms with E-state index < -0.39 is 32.8 Å². The van der Waals surface area contributed by atoms with Gasteiger partial charge in [-0.15, -0.1) is 0 Å². The summed E-state index contributed by atoms with van der Waals surface area (Å²) < 4.78 is 39.1. The predicted octanol–water partition coefficient (Wildman–Crippen LogP) is -0.697. The van der Waals surface area contributed by atoms with Gasteiger partial charge in [-0.3, -0.25) is 14.5 Å². The van der Waals surface area contributed by atoms with Crippen molar-refractivity contribution in [2.75, 3.05) is 11.0 Å². The zero-order valence-electron chi connectivity index (χ0n) is 11.0. The van der Waals surface area contributed by atoms with Crippen LogP contribution in [0.2, 0.25) is 0 Å². The van der Waals surface area contributed by atoms with Crippen LogP contribution in [0.5, 0.6) is 0 Å². The summed E-state index contributed by atoms with van der Waals surface area (Å²) in [6, 6.07) is 3.31. The normalized spacial score (nSPS) is 11.0. The van der Waals surface area contributed by atoms with Gasteiger partial charge < -0.3 is 0 Å². The fourth-order valence-corrected chi connectivity index (χ4v) is 2.19. The van der Waals surface area contributed by atoms with Crippen LogP contribution in [0.15, 0.2) is 27.9 Å². The van der Waals surface area contributed by atoms with Gasteiger partial charge in [0.15, 0.2) is 5.82 Å². The second-order valence-electron chi connectivity index (χ2n) is 4.19. The molecule has 22 heavy (non-hydrogen) atoms. The molecule has 9 nitrogen and oxygen atoms in total. The summed E-state index contributed by atoms with van der Waals surface area (Å²) in [6.45, 7) is 0. The number of rotatable bonds is 3. The van der Waals surface area contributed by atoms with E-state index in [4.69, 9.17) is 5.26 Å². The van der Waals surface area contributed by atoms with Crippen molar-refractivity contribution in [3.05, 3.63) is 50.5 Å². The number of aromatic amines is 1. The van der Waals surface area contributed by atoms with Crippen LogP contribution < -0.4 is 16.0 Å². The fourth-order valence-electron chi connectivity index (χ4n) is 1.63. The van der Waals surface area contributed by atoms with Gasteiger partial charge in [0.25, 0.3) is 5.56 Å². The number of halogens is 1. The van der Waals surface area contributed by atoms with E-state index >= 15 is 0 Å². The average Bonchev–Trinajstić information content (AvgIpc) is 2.39. The number of nitrogens with one attached hydrogen (secondary N) is 2. The number of benzene rings is 1. The molecule has 1 heterocycles. The maximum Gasteiger partial charge on any atom is 0.349 e. The Morgan fingerprint density at radius 3 is 2.64 bits per heavy atom. The Morgan fingerprint density at radius 2 is 2.09 bits per heavy atom. The highest BCUT2D eigenvalue weighted by Crippen LogP contribution is 2.22. The second-order valence-corrected chi connectivity index (χ2v) is 5.93. The topological polar surface area (TPSA) is 138 Å². The van der Waals surface area contributed by atoms with Crippen LogP contribution in [0.4, 0.5) is 10.1 Å². The van der Waals surface area contributed by atoms with Crippen molar-refractivity contribution >= 4 is 15.7 Å². The largest absolute Gasteiger partial charge is 0.349 e. The average molecular weight is 325 g/mol. The third-order valence-corrected chi connectivity index (χ3v) is 3.03. The molecule has 0 radical (unpaired) electrons. The van der Waals surface area contributed by atoms with Crippen molar-refractivity contribution in [3.8, 4) is 11.8 Å². The fraction of sp³-hybridized carbons (Fsp3) is 0.0909. The van der Waals surface area contributed by atoms with Gasteiger partial charge in [-0.05, 0) is 12.1 Å². The molecule has 0 unspecified atom stereocenters. The first-order valence-corrected chi connectivity index (χ1v) is 7.51. The van der Waals surface area contributed by atoms with E-state index in [1.54, 1.807) is 6.07 Å². The van der Waals surface area contributed by atoms with Crippen LogP contribution in [0.25, 0.3) is 5.69 Å². The number of hydrogen-bond donors (Lipinski definition) is 2. The minimum absolute atomic E-state index is 0.221. The minimum Gasteiger partial charge on any atom is -0.282 e. The molecule has 0 saturated heterocycles. The zero-order valence-corrected chi connectivity index (χ0v) is 11.8. The Hall–Kier alpha value is -3.00. The maximum absolute atomic E-state index is 14.0. The summed E-state index contributed by atoms with van der Waals surface area (Å²) in [5.41, 5.74) is -2.71. The van der Waals surface area contributed by atoms with Crippen molar-refractivity contribution < 1.29 is 12.8 Å². The molecule has 0 amide bonds. The van der Waals surface area contributed by atoms with Crippen LogP contribution in [-0.2, 0) is 10.0 Å². The Balaban J connectivity index is 2.72. The molecule has 114 valence electrons. The van der Waals surface area contributed by atoms with Gasteiger partial charge in [0.1, 0.15) is 18.0 Å². The van der Waals surface area contributed by atoms with E-state index in [1.807, 2.05) is 9.71 Å². The molecule has 0 bridgehead atoms. The van der Waals surface area contributed by atoms with Gasteiger partial charge >= 0.3 is 5.69 Å². The first-order valence-electron chi connectivity index (χ1n) is 5.62. The Bertz CT molecular complexity index is 1000. The van der Waals surface area contributed by atoms with Crippen molar-refractivity contribution in [1.29, 1.82) is 5.26 Å². The second kappa shape index (κ2) is 5.41. The highest BCUT2D eigenvalue weighted by molar-refractivity contribution is 7.92. The van der Waals surface area contributed by atoms with Crippen LogP contribution in [0, 0.1) is 17.1 Å². The number of nitriles is 1. The quantitative estimate of drug-likeness (QED) is 0.765. The summed E-state index contributed by atoms with van der Waals surface area (Å²) in [4.78, 5) is 24.5. The molecule has 1 aromatic carbocycles. The molecule has 0 saturated carbocycles. The molecule has 0 atom stereocenters. The molecule has 0 aliphatic heterocycles. The van der Waals surface area contributed by atoms with Gasteiger partial charge in [-0.1, -0.05) is 0 Å². The zero-order chi connectivity index (χ0) is 16.5. The molecule has 2 N–H and O–H groups in total. The van der Waals surface area contributed by atoms with E-state index in [1.165, 1.54) is 0 Å². The first kappa shape index (κ1) is 15.4. The van der Waals surface area contributed by atoms with E-state index in [0.717, 1.165) is 24.6 Å². The van der Waals surface area contributed by atoms with Crippen LogP contribution in [-0.4, -0.2) is 29.4 Å². The Labute approximate surface area is 122 Å². The lowest BCUT2D eigenvalue weighted by molar-refractivity contribution is 0.599. The number of H-pyrrole nitrogens is 1. The lowest BCUT2D eigenvalue weighted by atomic mass is 10.1. The summed E-state index contributed by atoms with van der Waals surface area (Å²) in [5.74, 6) is -0.989. The molecular formula is C11H8FN5O4S. The van der Waals surface area contributed by atoms with Crippen LogP contribution in [0.1, 0.15) is 5.56 Å². The smallest absolute Gasteiger partial charge is 0.282 e. The van der Waals surface area contributed by atoms with Gasteiger partial charge in [-0.25, -0.2) is 17.6 Å². The monoisotopic (exact) mass is 325 g/mol. The molecule has 0 aliphatic rings. The molecule has 2 aromatic rings. The number of anilines is 1. The van der Waals surface area contributed by atoms with Crippen molar-refractivity contribution in [2.45, 2.75) is 0 Å². The van der Waals surface area contributed by atoms with Crippen LogP contribution >= 0.6 is 0 Å². The SMILES string of the molecule is CS(=O)(=O)Nc1cc(-n2ncc(=O)[nH]c2=O)c(F)cc1C#N. The van der Waals surface area contributed by atoms with Crippen molar-refractivity contribution in [1.82, 2.24) is 14.8 Å². The maximum atomic E-state index is 14.0. The first-order chi connectivity index (χ1) is 10.2. The highest BCUT2D eigenvalue weighted by atomic mass is 32.2. The molecule has 2 rings (SSSR count). The molecule has 0 spiro atoms. The lowest BCUT2D eigenvalue weighted by Crippen LogP contribution is -2.31. The highest BCUT2D eigenvalue weighted by Gasteiger charge is 2.15.